The largest absolute Gasteiger partial charge is 0.508 e. The summed E-state index contributed by atoms with van der Waals surface area (Å²) in [5.74, 6) is -0.515. The molecule has 0 aliphatic carbocycles. The number of aromatic hydroxyl groups is 1. The number of benzene rings is 1. The van der Waals surface area contributed by atoms with Crippen LogP contribution in [-0.2, 0) is 0 Å². The highest BCUT2D eigenvalue weighted by molar-refractivity contribution is 6.30. The molecule has 1 aromatic carbocycles. The number of hydrogen-bond acceptors (Lipinski definition) is 2. The third-order valence-corrected chi connectivity index (χ3v) is 1.91. The number of phenols is 1. The van der Waals surface area contributed by atoms with Crippen LogP contribution in [0.25, 0.3) is 0 Å². The van der Waals surface area contributed by atoms with Gasteiger partial charge in [-0.2, -0.15) is 13.2 Å². The third kappa shape index (κ3) is 2.30. The second-order valence-corrected chi connectivity index (χ2v) is 3.16. The average molecular weight is 226 g/mol. The van der Waals surface area contributed by atoms with Crippen LogP contribution in [0.3, 0.4) is 0 Å². The van der Waals surface area contributed by atoms with Gasteiger partial charge in [0.1, 0.15) is 11.8 Å². The molecule has 0 spiro atoms. The highest BCUT2D eigenvalue weighted by Gasteiger charge is 2.39. The molecule has 0 fully saturated rings. The number of phenolic OH excluding ortho intramolecular Hbond substituents is 1. The van der Waals surface area contributed by atoms with Crippen molar-refractivity contribution in [2.24, 2.45) is 5.73 Å². The van der Waals surface area contributed by atoms with Crippen molar-refractivity contribution in [3.63, 3.8) is 0 Å². The molecule has 0 saturated heterocycles. The lowest BCUT2D eigenvalue weighted by molar-refractivity contribution is -0.149. The molecule has 2 nitrogen and oxygen atoms in total. The smallest absolute Gasteiger partial charge is 0.407 e. The standard InChI is InChI=1S/C8H7ClF3NO/c9-4-1-2-6(14)5(3-4)7(13)8(10,11)12/h1-3,7,14H,13H2. The molecule has 1 rings (SSSR count). The topological polar surface area (TPSA) is 46.2 Å². The quantitative estimate of drug-likeness (QED) is 0.772. The Morgan fingerprint density at radius 2 is 1.93 bits per heavy atom. The second kappa shape index (κ2) is 3.67. The van der Waals surface area contributed by atoms with Crippen LogP contribution in [-0.4, -0.2) is 11.3 Å². The summed E-state index contributed by atoms with van der Waals surface area (Å²) in [5, 5.41) is 9.22. The maximum atomic E-state index is 12.2. The first-order valence-corrected chi connectivity index (χ1v) is 4.01. The molecule has 1 atom stereocenters. The van der Waals surface area contributed by atoms with Crippen LogP contribution < -0.4 is 5.73 Å². The Bertz CT molecular complexity index is 340. The molecule has 3 N–H and O–H groups in total. The number of alkyl halides is 3. The van der Waals surface area contributed by atoms with Gasteiger partial charge >= 0.3 is 6.18 Å². The zero-order chi connectivity index (χ0) is 10.9. The number of halogens is 4. The van der Waals surface area contributed by atoms with E-state index in [1.807, 2.05) is 0 Å². The zero-order valence-electron chi connectivity index (χ0n) is 6.85. The molecule has 0 radical (unpaired) electrons. The molecular formula is C8H7ClF3NO. The van der Waals surface area contributed by atoms with E-state index in [-0.39, 0.29) is 5.02 Å². The van der Waals surface area contributed by atoms with Crippen LogP contribution in [0, 0.1) is 0 Å². The normalized spacial score (nSPS) is 14.1. The molecule has 0 aliphatic heterocycles. The molecular weight excluding hydrogens is 219 g/mol. The lowest BCUT2D eigenvalue weighted by Gasteiger charge is -2.16. The van der Waals surface area contributed by atoms with Gasteiger partial charge in [-0.1, -0.05) is 11.6 Å². The van der Waals surface area contributed by atoms with E-state index in [0.717, 1.165) is 12.1 Å². The molecule has 1 aromatic rings. The average Bonchev–Trinajstić information content (AvgIpc) is 2.06. The minimum Gasteiger partial charge on any atom is -0.508 e. The molecule has 0 amide bonds. The van der Waals surface area contributed by atoms with Gasteiger partial charge in [-0.3, -0.25) is 0 Å². The number of nitrogens with two attached hydrogens (primary N) is 1. The first-order chi connectivity index (χ1) is 6.32. The summed E-state index contributed by atoms with van der Waals surface area (Å²) in [4.78, 5) is 0. The summed E-state index contributed by atoms with van der Waals surface area (Å²) >= 11 is 5.48. The van der Waals surface area contributed by atoms with Crippen LogP contribution in [0.5, 0.6) is 5.75 Å². The van der Waals surface area contributed by atoms with Crippen molar-refractivity contribution in [2.45, 2.75) is 12.2 Å². The summed E-state index contributed by atoms with van der Waals surface area (Å²) in [6.07, 6.45) is -4.60. The van der Waals surface area contributed by atoms with Gasteiger partial charge in [0, 0.05) is 10.6 Å². The molecule has 0 heterocycles. The summed E-state index contributed by atoms with van der Waals surface area (Å²) < 4.78 is 36.5. The van der Waals surface area contributed by atoms with Gasteiger partial charge < -0.3 is 10.8 Å². The van der Waals surface area contributed by atoms with Crippen LogP contribution >= 0.6 is 11.6 Å². The van der Waals surface area contributed by atoms with Crippen molar-refractivity contribution in [3.05, 3.63) is 28.8 Å². The Morgan fingerprint density at radius 1 is 1.36 bits per heavy atom. The van der Waals surface area contributed by atoms with E-state index in [1.165, 1.54) is 6.07 Å². The van der Waals surface area contributed by atoms with Crippen molar-refractivity contribution in [3.8, 4) is 5.75 Å². The Labute approximate surface area is 83.1 Å². The van der Waals surface area contributed by atoms with Crippen molar-refractivity contribution in [2.75, 3.05) is 0 Å². The summed E-state index contributed by atoms with van der Waals surface area (Å²) in [7, 11) is 0. The highest BCUT2D eigenvalue weighted by atomic mass is 35.5. The van der Waals surface area contributed by atoms with E-state index >= 15 is 0 Å². The maximum absolute atomic E-state index is 12.2. The molecule has 78 valence electrons. The molecule has 1 unspecified atom stereocenters. The predicted molar refractivity (Wildman–Crippen MR) is 46.1 cm³/mol. The number of rotatable bonds is 1. The fourth-order valence-electron chi connectivity index (χ4n) is 0.951. The van der Waals surface area contributed by atoms with Crippen molar-refractivity contribution < 1.29 is 18.3 Å². The van der Waals surface area contributed by atoms with E-state index in [2.05, 4.69) is 0 Å². The first kappa shape index (κ1) is 11.1. The van der Waals surface area contributed by atoms with Gasteiger partial charge in [-0.15, -0.1) is 0 Å². The second-order valence-electron chi connectivity index (χ2n) is 2.72. The summed E-state index contributed by atoms with van der Waals surface area (Å²) in [5.41, 5.74) is 4.47. The van der Waals surface area contributed by atoms with E-state index in [1.54, 1.807) is 0 Å². The van der Waals surface area contributed by atoms with Crippen LogP contribution in [0.15, 0.2) is 18.2 Å². The van der Waals surface area contributed by atoms with Crippen LogP contribution in [0.4, 0.5) is 13.2 Å². The Hall–Kier alpha value is -0.940. The fraction of sp³-hybridized carbons (Fsp3) is 0.250. The van der Waals surface area contributed by atoms with Gasteiger partial charge in [0.05, 0.1) is 0 Å². The van der Waals surface area contributed by atoms with E-state index in [0.29, 0.717) is 0 Å². The predicted octanol–water partition coefficient (Wildman–Crippen LogP) is 2.61. The van der Waals surface area contributed by atoms with E-state index in [9.17, 15) is 13.2 Å². The maximum Gasteiger partial charge on any atom is 0.407 e. The Kier molecular flexibility index (Phi) is 2.92. The summed E-state index contributed by atoms with van der Waals surface area (Å²) in [6, 6.07) is 1.13. The molecule has 0 bridgehead atoms. The van der Waals surface area contributed by atoms with Gasteiger partial charge in [0.15, 0.2) is 0 Å². The van der Waals surface area contributed by atoms with Crippen molar-refractivity contribution in [1.82, 2.24) is 0 Å². The van der Waals surface area contributed by atoms with Gasteiger partial charge in [0.2, 0.25) is 0 Å². The Balaban J connectivity index is 3.12. The van der Waals surface area contributed by atoms with E-state index in [4.69, 9.17) is 22.4 Å². The third-order valence-electron chi connectivity index (χ3n) is 1.68. The van der Waals surface area contributed by atoms with Crippen LogP contribution in [0.1, 0.15) is 11.6 Å². The number of hydrogen-bond donors (Lipinski definition) is 2. The van der Waals surface area contributed by atoms with Crippen LogP contribution in [0.2, 0.25) is 5.02 Å². The molecule has 0 aromatic heterocycles. The summed E-state index contributed by atoms with van der Waals surface area (Å²) in [6.45, 7) is 0. The lowest BCUT2D eigenvalue weighted by atomic mass is 10.1. The van der Waals surface area contributed by atoms with Gasteiger partial charge in [-0.05, 0) is 18.2 Å². The first-order valence-electron chi connectivity index (χ1n) is 3.63. The monoisotopic (exact) mass is 225 g/mol. The molecule has 6 heteroatoms. The van der Waals surface area contributed by atoms with E-state index < -0.39 is 23.5 Å². The highest BCUT2D eigenvalue weighted by Crippen LogP contribution is 2.35. The minimum absolute atomic E-state index is 0.0949. The fourth-order valence-corrected chi connectivity index (χ4v) is 1.13. The Morgan fingerprint density at radius 3 is 2.43 bits per heavy atom. The molecule has 0 saturated carbocycles. The van der Waals surface area contributed by atoms with Gasteiger partial charge in [-0.25, -0.2) is 0 Å². The lowest BCUT2D eigenvalue weighted by Crippen LogP contribution is -2.28. The zero-order valence-corrected chi connectivity index (χ0v) is 7.60. The van der Waals surface area contributed by atoms with Gasteiger partial charge in [0.25, 0.3) is 0 Å². The minimum atomic E-state index is -4.60. The van der Waals surface area contributed by atoms with Crippen molar-refractivity contribution >= 4 is 11.6 Å². The molecule has 14 heavy (non-hydrogen) atoms. The molecule has 0 aliphatic rings. The van der Waals surface area contributed by atoms with Crippen molar-refractivity contribution in [1.29, 1.82) is 0 Å². The SMILES string of the molecule is NC(c1cc(Cl)ccc1O)C(F)(F)F.